The fourth-order valence-electron chi connectivity index (χ4n) is 5.33. The third-order valence-electron chi connectivity index (χ3n) is 8.41. The van der Waals surface area contributed by atoms with Gasteiger partial charge in [0.2, 0.25) is 0 Å². The maximum atomic E-state index is 12.7. The zero-order valence-corrected chi connectivity index (χ0v) is 29.9. The smallest absolute Gasteiger partial charge is 0.343 e. The lowest BCUT2D eigenvalue weighted by Crippen LogP contribution is -2.23. The van der Waals surface area contributed by atoms with Crippen LogP contribution in [-0.4, -0.2) is 23.9 Å². The van der Waals surface area contributed by atoms with Crippen molar-refractivity contribution in [3.05, 3.63) is 119 Å². The number of aryl methyl sites for hydroxylation is 2. The standard InChI is InChI=1S/C43H48O8/c1-4-6-8-10-12-32-14-18-34(19-15-32)42(46)50-38-24-22-36(23-25-38)48-40(44)30-31(3)41(45)49-37-26-28-39(29-27-37)51-43(47)35-20-16-33(17-21-35)13-11-9-7-5-2/h14-29,31H,4-13,30H2,1-3H3. The topological polar surface area (TPSA) is 105 Å². The highest BCUT2D eigenvalue weighted by Gasteiger charge is 2.21. The van der Waals surface area contributed by atoms with E-state index in [1.807, 2.05) is 24.3 Å². The summed E-state index contributed by atoms with van der Waals surface area (Å²) in [4.78, 5) is 50.4. The Balaban J connectivity index is 1.17. The molecule has 1 unspecified atom stereocenters. The molecule has 0 spiro atoms. The quantitative estimate of drug-likeness (QED) is 0.0543. The lowest BCUT2D eigenvalue weighted by molar-refractivity contribution is -0.144. The number of unbranched alkanes of at least 4 members (excludes halogenated alkanes) is 6. The minimum atomic E-state index is -0.785. The molecule has 0 aliphatic rings. The highest BCUT2D eigenvalue weighted by Crippen LogP contribution is 2.23. The second-order valence-electron chi connectivity index (χ2n) is 12.7. The van der Waals surface area contributed by atoms with Crippen LogP contribution in [0.2, 0.25) is 0 Å². The van der Waals surface area contributed by atoms with Crippen LogP contribution in [0.5, 0.6) is 23.0 Å². The average Bonchev–Trinajstić information content (AvgIpc) is 3.14. The first kappa shape index (κ1) is 38.6. The molecule has 1 atom stereocenters. The van der Waals surface area contributed by atoms with Crippen LogP contribution >= 0.6 is 0 Å². The summed E-state index contributed by atoms with van der Waals surface area (Å²) in [6.07, 6.45) is 11.3. The van der Waals surface area contributed by atoms with Gasteiger partial charge in [0, 0.05) is 0 Å². The van der Waals surface area contributed by atoms with Crippen LogP contribution < -0.4 is 18.9 Å². The molecule has 4 aromatic carbocycles. The van der Waals surface area contributed by atoms with Crippen molar-refractivity contribution in [2.45, 2.75) is 91.4 Å². The van der Waals surface area contributed by atoms with E-state index in [4.69, 9.17) is 18.9 Å². The Bertz CT molecular complexity index is 1690. The van der Waals surface area contributed by atoms with Gasteiger partial charge in [0.05, 0.1) is 23.5 Å². The molecule has 0 radical (unpaired) electrons. The van der Waals surface area contributed by atoms with E-state index in [0.29, 0.717) is 22.6 Å². The summed E-state index contributed by atoms with van der Waals surface area (Å²) in [5, 5.41) is 0. The number of rotatable bonds is 19. The van der Waals surface area contributed by atoms with Gasteiger partial charge in [0.1, 0.15) is 23.0 Å². The Morgan fingerprint density at radius 3 is 1.24 bits per heavy atom. The minimum absolute atomic E-state index is 0.211. The van der Waals surface area contributed by atoms with Gasteiger partial charge in [-0.1, -0.05) is 83.6 Å². The van der Waals surface area contributed by atoms with Crippen molar-refractivity contribution in [1.29, 1.82) is 0 Å². The van der Waals surface area contributed by atoms with Crippen LogP contribution in [0.3, 0.4) is 0 Å². The van der Waals surface area contributed by atoms with Gasteiger partial charge in [-0.2, -0.15) is 0 Å². The summed E-state index contributed by atoms with van der Waals surface area (Å²) in [6.45, 7) is 5.94. The van der Waals surface area contributed by atoms with Crippen molar-refractivity contribution >= 4 is 23.9 Å². The normalized spacial score (nSPS) is 11.4. The lowest BCUT2D eigenvalue weighted by atomic mass is 10.0. The number of hydrogen-bond acceptors (Lipinski definition) is 8. The monoisotopic (exact) mass is 692 g/mol. The van der Waals surface area contributed by atoms with E-state index in [0.717, 1.165) is 25.7 Å². The number of benzene rings is 4. The molecular formula is C43H48O8. The van der Waals surface area contributed by atoms with Crippen molar-refractivity contribution in [2.75, 3.05) is 0 Å². The third kappa shape index (κ3) is 13.2. The minimum Gasteiger partial charge on any atom is -0.427 e. The van der Waals surface area contributed by atoms with Gasteiger partial charge in [-0.05, 0) is 110 Å². The van der Waals surface area contributed by atoms with E-state index in [1.165, 1.54) is 98.2 Å². The highest BCUT2D eigenvalue weighted by molar-refractivity contribution is 5.91. The maximum absolute atomic E-state index is 12.7. The van der Waals surface area contributed by atoms with Crippen molar-refractivity contribution < 1.29 is 38.1 Å². The molecule has 0 aromatic heterocycles. The van der Waals surface area contributed by atoms with E-state index in [9.17, 15) is 19.2 Å². The van der Waals surface area contributed by atoms with Crippen molar-refractivity contribution in [3.8, 4) is 23.0 Å². The Morgan fingerprint density at radius 2 is 0.843 bits per heavy atom. The number of ether oxygens (including phenoxy) is 4. The van der Waals surface area contributed by atoms with E-state index in [-0.39, 0.29) is 17.9 Å². The molecule has 8 nitrogen and oxygen atoms in total. The Labute approximate surface area is 301 Å². The molecule has 268 valence electrons. The average molecular weight is 693 g/mol. The summed E-state index contributed by atoms with van der Waals surface area (Å²) in [7, 11) is 0. The molecule has 0 heterocycles. The molecule has 51 heavy (non-hydrogen) atoms. The van der Waals surface area contributed by atoms with Gasteiger partial charge in [-0.3, -0.25) is 9.59 Å². The summed E-state index contributed by atoms with van der Waals surface area (Å²) >= 11 is 0. The van der Waals surface area contributed by atoms with Crippen LogP contribution in [0.4, 0.5) is 0 Å². The zero-order valence-electron chi connectivity index (χ0n) is 29.9. The molecule has 0 bridgehead atoms. The van der Waals surface area contributed by atoms with E-state index < -0.39 is 29.8 Å². The molecule has 0 fully saturated rings. The third-order valence-corrected chi connectivity index (χ3v) is 8.41. The fraction of sp³-hybridized carbons (Fsp3) is 0.349. The second-order valence-corrected chi connectivity index (χ2v) is 12.7. The van der Waals surface area contributed by atoms with Crippen LogP contribution in [0, 0.1) is 5.92 Å². The molecule has 0 saturated heterocycles. The number of esters is 4. The van der Waals surface area contributed by atoms with E-state index >= 15 is 0 Å². The largest absolute Gasteiger partial charge is 0.427 e. The summed E-state index contributed by atoms with van der Waals surface area (Å²) in [6, 6.07) is 27.1. The van der Waals surface area contributed by atoms with Crippen LogP contribution in [-0.2, 0) is 22.4 Å². The van der Waals surface area contributed by atoms with Crippen molar-refractivity contribution in [1.82, 2.24) is 0 Å². The highest BCUT2D eigenvalue weighted by atomic mass is 16.6. The summed E-state index contributed by atoms with van der Waals surface area (Å²) < 4.78 is 21.7. The molecule has 0 saturated carbocycles. The maximum Gasteiger partial charge on any atom is 0.343 e. The van der Waals surface area contributed by atoms with Gasteiger partial charge >= 0.3 is 23.9 Å². The molecule has 8 heteroatoms. The Hall–Kier alpha value is -5.24. The number of carbonyl (C=O) groups excluding carboxylic acids is 4. The molecule has 0 aliphatic heterocycles. The van der Waals surface area contributed by atoms with Crippen LogP contribution in [0.15, 0.2) is 97.1 Å². The van der Waals surface area contributed by atoms with Gasteiger partial charge in [-0.25, -0.2) is 9.59 Å². The lowest BCUT2D eigenvalue weighted by Gasteiger charge is -2.12. The molecule has 0 amide bonds. The molecule has 4 aromatic rings. The molecule has 0 N–H and O–H groups in total. The first-order valence-corrected chi connectivity index (χ1v) is 18.0. The predicted octanol–water partition coefficient (Wildman–Crippen LogP) is 9.91. The first-order chi connectivity index (χ1) is 24.7. The van der Waals surface area contributed by atoms with Gasteiger partial charge in [0.15, 0.2) is 0 Å². The molecule has 4 rings (SSSR count). The molecule has 0 aliphatic carbocycles. The summed E-state index contributed by atoms with van der Waals surface area (Å²) in [5.41, 5.74) is 3.28. The van der Waals surface area contributed by atoms with Gasteiger partial charge < -0.3 is 18.9 Å². The summed E-state index contributed by atoms with van der Waals surface area (Å²) in [5.74, 6) is -1.86. The fourth-order valence-corrected chi connectivity index (χ4v) is 5.33. The second kappa shape index (κ2) is 20.4. The van der Waals surface area contributed by atoms with Crippen molar-refractivity contribution in [2.24, 2.45) is 5.92 Å². The number of carbonyl (C=O) groups is 4. The van der Waals surface area contributed by atoms with Crippen LogP contribution in [0.25, 0.3) is 0 Å². The van der Waals surface area contributed by atoms with Crippen LogP contribution in [0.1, 0.15) is 110 Å². The van der Waals surface area contributed by atoms with Crippen molar-refractivity contribution in [3.63, 3.8) is 0 Å². The SMILES string of the molecule is CCCCCCc1ccc(C(=O)Oc2ccc(OC(=O)CC(C)C(=O)Oc3ccc(OC(=O)c4ccc(CCCCCC)cc4)cc3)cc2)cc1. The van der Waals surface area contributed by atoms with Gasteiger partial charge in [0.25, 0.3) is 0 Å². The first-order valence-electron chi connectivity index (χ1n) is 18.0. The Kier molecular flexibility index (Phi) is 15.5. The predicted molar refractivity (Wildman–Crippen MR) is 196 cm³/mol. The zero-order chi connectivity index (χ0) is 36.4. The van der Waals surface area contributed by atoms with E-state index in [2.05, 4.69) is 13.8 Å². The Morgan fingerprint density at radius 1 is 0.471 bits per heavy atom. The molecular weight excluding hydrogens is 644 g/mol. The number of hydrogen-bond donors (Lipinski definition) is 0. The van der Waals surface area contributed by atoms with Gasteiger partial charge in [-0.15, -0.1) is 0 Å². The van der Waals surface area contributed by atoms with E-state index in [1.54, 1.807) is 31.2 Å².